The van der Waals surface area contributed by atoms with Crippen molar-refractivity contribution in [2.45, 2.75) is 5.88 Å². The fourth-order valence-electron chi connectivity index (χ4n) is 0.688. The van der Waals surface area contributed by atoms with E-state index in [2.05, 4.69) is 20.9 Å². The third-order valence-corrected chi connectivity index (χ3v) is 2.09. The highest BCUT2D eigenvalue weighted by molar-refractivity contribution is 9.10. The van der Waals surface area contributed by atoms with Crippen LogP contribution in [0.5, 0.6) is 5.88 Å². The number of ether oxygens (including phenoxy) is 1. The van der Waals surface area contributed by atoms with E-state index >= 15 is 0 Å². The van der Waals surface area contributed by atoms with E-state index in [0.717, 1.165) is 10.0 Å². The summed E-state index contributed by atoms with van der Waals surface area (Å²) in [4.78, 5) is 4.01. The molecule has 68 valence electrons. The van der Waals surface area contributed by atoms with Gasteiger partial charge in [0.15, 0.2) is 0 Å². The first-order chi connectivity index (χ1) is 5.27. The predicted molar refractivity (Wildman–Crippen MR) is 55.3 cm³/mol. The third kappa shape index (κ3) is 2.81. The van der Waals surface area contributed by atoms with Gasteiger partial charge in [-0.2, -0.15) is 0 Å². The van der Waals surface area contributed by atoms with Gasteiger partial charge in [0.05, 0.1) is 11.6 Å². The van der Waals surface area contributed by atoms with Crippen LogP contribution in [0.3, 0.4) is 0 Å². The first kappa shape index (κ1) is 12.0. The summed E-state index contributed by atoms with van der Waals surface area (Å²) >= 11 is 8.89. The molecule has 5 heteroatoms. The first-order valence-electron chi connectivity index (χ1n) is 3.02. The van der Waals surface area contributed by atoms with Gasteiger partial charge >= 0.3 is 0 Å². The summed E-state index contributed by atoms with van der Waals surface area (Å²) in [6.45, 7) is 0. The standard InChI is InChI=1S/C7H7BrClNO.ClH/c1-11-7-6(8)2-5(3-9)4-10-7;/h2,4H,3H2,1H3;1H. The predicted octanol–water partition coefficient (Wildman–Crippen LogP) is 3.01. The number of nitrogens with zero attached hydrogens (tertiary/aromatic N) is 1. The normalized spacial score (nSPS) is 8.92. The van der Waals surface area contributed by atoms with E-state index in [1.54, 1.807) is 13.3 Å². The Hall–Kier alpha value is 0.01000. The van der Waals surface area contributed by atoms with Crippen LogP contribution in [-0.4, -0.2) is 12.1 Å². The van der Waals surface area contributed by atoms with Gasteiger partial charge in [0.2, 0.25) is 5.88 Å². The van der Waals surface area contributed by atoms with Gasteiger partial charge in [-0.15, -0.1) is 24.0 Å². The van der Waals surface area contributed by atoms with E-state index < -0.39 is 0 Å². The van der Waals surface area contributed by atoms with Gasteiger partial charge in [-0.1, -0.05) is 0 Å². The van der Waals surface area contributed by atoms with Gasteiger partial charge in [-0.25, -0.2) is 4.98 Å². The van der Waals surface area contributed by atoms with Crippen LogP contribution in [0, 0.1) is 0 Å². The second kappa shape index (κ2) is 5.62. The Morgan fingerprint density at radius 3 is 2.75 bits per heavy atom. The maximum atomic E-state index is 5.59. The molecule has 1 rings (SSSR count). The SMILES string of the molecule is COc1ncc(CCl)cc1Br.Cl. The minimum absolute atomic E-state index is 0. The zero-order chi connectivity index (χ0) is 8.27. The van der Waals surface area contributed by atoms with E-state index in [0.29, 0.717) is 11.8 Å². The number of pyridine rings is 1. The Labute approximate surface area is 90.8 Å². The molecule has 0 aliphatic carbocycles. The Bertz CT molecular complexity index is 257. The first-order valence-corrected chi connectivity index (χ1v) is 4.35. The zero-order valence-corrected chi connectivity index (χ0v) is 9.54. The average Bonchev–Trinajstić information content (AvgIpc) is 2.04. The van der Waals surface area contributed by atoms with Crippen molar-refractivity contribution in [3.63, 3.8) is 0 Å². The Morgan fingerprint density at radius 2 is 2.33 bits per heavy atom. The van der Waals surface area contributed by atoms with Crippen LogP contribution in [0.4, 0.5) is 0 Å². The second-order valence-electron chi connectivity index (χ2n) is 1.97. The molecule has 0 radical (unpaired) electrons. The molecule has 1 aromatic rings. The molecular weight excluding hydrogens is 265 g/mol. The Kier molecular flexibility index (Phi) is 5.63. The summed E-state index contributed by atoms with van der Waals surface area (Å²) in [7, 11) is 1.58. The van der Waals surface area contributed by atoms with Gasteiger partial charge in [-0.05, 0) is 27.6 Å². The van der Waals surface area contributed by atoms with Gasteiger partial charge in [0.25, 0.3) is 0 Å². The van der Waals surface area contributed by atoms with Crippen LogP contribution in [0.15, 0.2) is 16.7 Å². The van der Waals surface area contributed by atoms with Gasteiger partial charge in [0.1, 0.15) is 0 Å². The van der Waals surface area contributed by atoms with E-state index in [9.17, 15) is 0 Å². The molecule has 0 saturated heterocycles. The summed E-state index contributed by atoms with van der Waals surface area (Å²) in [5.41, 5.74) is 0.972. The molecule has 1 aromatic heterocycles. The van der Waals surface area contributed by atoms with Gasteiger partial charge in [0, 0.05) is 12.1 Å². The van der Waals surface area contributed by atoms with Gasteiger partial charge in [-0.3, -0.25) is 0 Å². The van der Waals surface area contributed by atoms with Crippen molar-refractivity contribution in [1.82, 2.24) is 4.98 Å². The lowest BCUT2D eigenvalue weighted by Gasteiger charge is -2.01. The van der Waals surface area contributed by atoms with Crippen molar-refractivity contribution < 1.29 is 4.74 Å². The topological polar surface area (TPSA) is 22.1 Å². The lowest BCUT2D eigenvalue weighted by Crippen LogP contribution is -1.89. The van der Waals surface area contributed by atoms with Crippen molar-refractivity contribution in [2.75, 3.05) is 7.11 Å². The average molecular weight is 273 g/mol. The van der Waals surface area contributed by atoms with E-state index in [1.165, 1.54) is 0 Å². The fourth-order valence-corrected chi connectivity index (χ4v) is 1.39. The maximum Gasteiger partial charge on any atom is 0.227 e. The monoisotopic (exact) mass is 271 g/mol. The lowest BCUT2D eigenvalue weighted by atomic mass is 10.3. The van der Waals surface area contributed by atoms with Crippen LogP contribution in [0.1, 0.15) is 5.56 Å². The number of methoxy groups -OCH3 is 1. The summed E-state index contributed by atoms with van der Waals surface area (Å²) in [5, 5.41) is 0. The molecule has 0 unspecified atom stereocenters. The number of hydrogen-bond donors (Lipinski definition) is 0. The summed E-state index contributed by atoms with van der Waals surface area (Å²) < 4.78 is 5.78. The van der Waals surface area contributed by atoms with Crippen molar-refractivity contribution in [3.05, 3.63) is 22.3 Å². The summed E-state index contributed by atoms with van der Waals surface area (Å²) in [6, 6.07) is 1.89. The van der Waals surface area contributed by atoms with Crippen LogP contribution in [-0.2, 0) is 5.88 Å². The Morgan fingerprint density at radius 1 is 1.67 bits per heavy atom. The molecule has 0 aliphatic heterocycles. The number of rotatable bonds is 2. The summed E-state index contributed by atoms with van der Waals surface area (Å²) in [5.74, 6) is 1.05. The highest BCUT2D eigenvalue weighted by Crippen LogP contribution is 2.22. The molecule has 0 saturated carbocycles. The molecule has 1 heterocycles. The molecule has 0 atom stereocenters. The molecule has 0 aliphatic rings. The number of aromatic nitrogens is 1. The fraction of sp³-hybridized carbons (Fsp3) is 0.286. The molecule has 12 heavy (non-hydrogen) atoms. The molecule has 0 bridgehead atoms. The Balaban J connectivity index is 0.00000121. The van der Waals surface area contributed by atoms with Crippen LogP contribution >= 0.6 is 39.9 Å². The highest BCUT2D eigenvalue weighted by atomic mass is 79.9. The molecule has 0 N–H and O–H groups in total. The van der Waals surface area contributed by atoms with Crippen molar-refractivity contribution >= 4 is 39.9 Å². The largest absolute Gasteiger partial charge is 0.480 e. The van der Waals surface area contributed by atoms with Crippen molar-refractivity contribution in [3.8, 4) is 5.88 Å². The number of halogens is 3. The molecular formula is C7H8BrCl2NO. The summed E-state index contributed by atoms with van der Waals surface area (Å²) in [6.07, 6.45) is 1.69. The smallest absolute Gasteiger partial charge is 0.227 e. The molecule has 0 spiro atoms. The van der Waals surface area contributed by atoms with E-state index in [1.807, 2.05) is 6.07 Å². The molecule has 0 fully saturated rings. The van der Waals surface area contributed by atoms with Crippen LogP contribution in [0.2, 0.25) is 0 Å². The van der Waals surface area contributed by atoms with Crippen molar-refractivity contribution in [2.24, 2.45) is 0 Å². The minimum Gasteiger partial charge on any atom is -0.480 e. The van der Waals surface area contributed by atoms with Crippen LogP contribution in [0.25, 0.3) is 0 Å². The van der Waals surface area contributed by atoms with Gasteiger partial charge < -0.3 is 4.74 Å². The lowest BCUT2D eigenvalue weighted by molar-refractivity contribution is 0.395. The zero-order valence-electron chi connectivity index (χ0n) is 6.38. The molecule has 0 amide bonds. The van der Waals surface area contributed by atoms with E-state index in [4.69, 9.17) is 16.3 Å². The molecule has 2 nitrogen and oxygen atoms in total. The quantitative estimate of drug-likeness (QED) is 0.773. The van der Waals surface area contributed by atoms with Crippen molar-refractivity contribution in [1.29, 1.82) is 0 Å². The third-order valence-electron chi connectivity index (χ3n) is 1.21. The second-order valence-corrected chi connectivity index (χ2v) is 3.09. The highest BCUT2D eigenvalue weighted by Gasteiger charge is 2.00. The number of hydrogen-bond acceptors (Lipinski definition) is 2. The minimum atomic E-state index is 0. The number of alkyl halides is 1. The van der Waals surface area contributed by atoms with E-state index in [-0.39, 0.29) is 12.4 Å². The molecule has 0 aromatic carbocycles. The maximum absolute atomic E-state index is 5.59. The van der Waals surface area contributed by atoms with Crippen LogP contribution < -0.4 is 4.74 Å².